The second-order valence-corrected chi connectivity index (χ2v) is 4.23. The molecule has 88 valence electrons. The van der Waals surface area contributed by atoms with Crippen LogP contribution in [0.5, 0.6) is 0 Å². The summed E-state index contributed by atoms with van der Waals surface area (Å²) in [5.41, 5.74) is 3.04. The molecular weight excluding hydrogens is 198 g/mol. The molecule has 0 bridgehead atoms. The summed E-state index contributed by atoms with van der Waals surface area (Å²) >= 11 is 0. The van der Waals surface area contributed by atoms with Crippen LogP contribution in [-0.2, 0) is 0 Å². The molecule has 0 fully saturated rings. The van der Waals surface area contributed by atoms with Gasteiger partial charge in [-0.3, -0.25) is 4.79 Å². The van der Waals surface area contributed by atoms with Gasteiger partial charge in [0.1, 0.15) is 0 Å². The molecule has 0 aliphatic carbocycles. The number of hydrogen-bond donors (Lipinski definition) is 1. The largest absolute Gasteiger partial charge is 0.349 e. The van der Waals surface area contributed by atoms with Crippen molar-refractivity contribution in [1.82, 2.24) is 5.32 Å². The average molecular weight is 219 g/mol. The van der Waals surface area contributed by atoms with Gasteiger partial charge < -0.3 is 5.32 Å². The summed E-state index contributed by atoms with van der Waals surface area (Å²) in [6.45, 7) is 8.22. The minimum atomic E-state index is 0.0508. The molecule has 1 aromatic carbocycles. The quantitative estimate of drug-likeness (QED) is 0.827. The normalized spacial score (nSPS) is 10.6. The third kappa shape index (κ3) is 2.84. The maximum absolute atomic E-state index is 12.0. The van der Waals surface area contributed by atoms with Crippen molar-refractivity contribution >= 4 is 5.91 Å². The Balaban J connectivity index is 2.84. The number of nitrogens with one attached hydrogen (secondary N) is 1. The van der Waals surface area contributed by atoms with E-state index in [-0.39, 0.29) is 11.9 Å². The lowest BCUT2D eigenvalue weighted by atomic mass is 10.0. The Kier molecular flexibility index (Phi) is 4.53. The highest BCUT2D eigenvalue weighted by atomic mass is 16.1. The third-order valence-electron chi connectivity index (χ3n) is 3.17. The molecule has 2 heteroatoms. The molecule has 2 nitrogen and oxygen atoms in total. The first-order valence-electron chi connectivity index (χ1n) is 5.97. The fourth-order valence-corrected chi connectivity index (χ4v) is 1.75. The standard InChI is InChI=1S/C14H21NO/c1-5-12(6-2)15-14(16)13-9-7-8-10(3)11(13)4/h7-9,12H,5-6H2,1-4H3,(H,15,16). The maximum Gasteiger partial charge on any atom is 0.251 e. The zero-order valence-corrected chi connectivity index (χ0v) is 10.6. The first-order valence-corrected chi connectivity index (χ1v) is 5.97. The Morgan fingerprint density at radius 3 is 2.44 bits per heavy atom. The first kappa shape index (κ1) is 12.8. The van der Waals surface area contributed by atoms with Crippen molar-refractivity contribution < 1.29 is 4.79 Å². The van der Waals surface area contributed by atoms with E-state index in [1.54, 1.807) is 0 Å². The first-order chi connectivity index (χ1) is 7.60. The topological polar surface area (TPSA) is 29.1 Å². The third-order valence-corrected chi connectivity index (χ3v) is 3.17. The van der Waals surface area contributed by atoms with Crippen molar-refractivity contribution in [2.24, 2.45) is 0 Å². The lowest BCUT2D eigenvalue weighted by molar-refractivity contribution is 0.0934. The molecule has 0 saturated heterocycles. The van der Waals surface area contributed by atoms with Crippen LogP contribution in [0, 0.1) is 13.8 Å². The van der Waals surface area contributed by atoms with Gasteiger partial charge in [0.2, 0.25) is 0 Å². The van der Waals surface area contributed by atoms with E-state index in [0.29, 0.717) is 0 Å². The fraction of sp³-hybridized carbons (Fsp3) is 0.500. The summed E-state index contributed by atoms with van der Waals surface area (Å²) in [6, 6.07) is 6.14. The van der Waals surface area contributed by atoms with Crippen LogP contribution in [0.2, 0.25) is 0 Å². The smallest absolute Gasteiger partial charge is 0.251 e. The van der Waals surface area contributed by atoms with Crippen LogP contribution in [0.4, 0.5) is 0 Å². The second-order valence-electron chi connectivity index (χ2n) is 4.23. The summed E-state index contributed by atoms with van der Waals surface area (Å²) in [5.74, 6) is 0.0508. The lowest BCUT2D eigenvalue weighted by Crippen LogP contribution is -2.34. The van der Waals surface area contributed by atoms with Gasteiger partial charge in [-0.05, 0) is 43.9 Å². The predicted octanol–water partition coefficient (Wildman–Crippen LogP) is 3.22. The van der Waals surface area contributed by atoms with Crippen LogP contribution in [0.1, 0.15) is 48.2 Å². The summed E-state index contributed by atoms with van der Waals surface area (Å²) in [5, 5.41) is 3.06. The number of aryl methyl sites for hydroxylation is 1. The van der Waals surface area contributed by atoms with E-state index < -0.39 is 0 Å². The van der Waals surface area contributed by atoms with Crippen molar-refractivity contribution in [3.8, 4) is 0 Å². The van der Waals surface area contributed by atoms with Gasteiger partial charge in [0.25, 0.3) is 5.91 Å². The number of hydrogen-bond acceptors (Lipinski definition) is 1. The highest BCUT2D eigenvalue weighted by molar-refractivity contribution is 5.96. The molecule has 1 rings (SSSR count). The van der Waals surface area contributed by atoms with E-state index in [1.165, 1.54) is 0 Å². The van der Waals surface area contributed by atoms with Gasteiger partial charge in [0.05, 0.1) is 0 Å². The summed E-state index contributed by atoms with van der Waals surface area (Å²) in [6.07, 6.45) is 1.96. The molecule has 0 saturated carbocycles. The molecule has 0 heterocycles. The number of carbonyl (C=O) groups excluding carboxylic acids is 1. The lowest BCUT2D eigenvalue weighted by Gasteiger charge is -2.16. The van der Waals surface area contributed by atoms with Crippen LogP contribution in [0.3, 0.4) is 0 Å². The number of carbonyl (C=O) groups is 1. The van der Waals surface area contributed by atoms with Gasteiger partial charge >= 0.3 is 0 Å². The Hall–Kier alpha value is -1.31. The van der Waals surface area contributed by atoms with Crippen LogP contribution < -0.4 is 5.32 Å². The maximum atomic E-state index is 12.0. The zero-order chi connectivity index (χ0) is 12.1. The predicted molar refractivity (Wildman–Crippen MR) is 67.8 cm³/mol. The minimum Gasteiger partial charge on any atom is -0.349 e. The Morgan fingerprint density at radius 1 is 1.25 bits per heavy atom. The van der Waals surface area contributed by atoms with E-state index in [2.05, 4.69) is 19.2 Å². The molecule has 0 aromatic heterocycles. The number of rotatable bonds is 4. The Labute approximate surface area is 98.1 Å². The van der Waals surface area contributed by atoms with Gasteiger partial charge in [-0.25, -0.2) is 0 Å². The highest BCUT2D eigenvalue weighted by Gasteiger charge is 2.12. The zero-order valence-electron chi connectivity index (χ0n) is 10.6. The Morgan fingerprint density at radius 2 is 1.88 bits per heavy atom. The molecule has 0 aliphatic heterocycles. The van der Waals surface area contributed by atoms with E-state index in [0.717, 1.165) is 29.5 Å². The monoisotopic (exact) mass is 219 g/mol. The van der Waals surface area contributed by atoms with Crippen molar-refractivity contribution in [1.29, 1.82) is 0 Å². The van der Waals surface area contributed by atoms with Crippen molar-refractivity contribution in [2.45, 2.75) is 46.6 Å². The van der Waals surface area contributed by atoms with Gasteiger partial charge in [-0.1, -0.05) is 26.0 Å². The van der Waals surface area contributed by atoms with Gasteiger partial charge in [0.15, 0.2) is 0 Å². The molecule has 1 N–H and O–H groups in total. The highest BCUT2D eigenvalue weighted by Crippen LogP contribution is 2.13. The molecule has 1 amide bonds. The minimum absolute atomic E-state index is 0.0508. The SMILES string of the molecule is CCC(CC)NC(=O)c1cccc(C)c1C. The van der Waals surface area contributed by atoms with Gasteiger partial charge in [-0.15, -0.1) is 0 Å². The molecule has 0 radical (unpaired) electrons. The van der Waals surface area contributed by atoms with Crippen molar-refractivity contribution in [3.05, 3.63) is 34.9 Å². The van der Waals surface area contributed by atoms with Crippen molar-refractivity contribution in [3.63, 3.8) is 0 Å². The van der Waals surface area contributed by atoms with Crippen LogP contribution in [0.15, 0.2) is 18.2 Å². The molecule has 0 spiro atoms. The van der Waals surface area contributed by atoms with Crippen LogP contribution >= 0.6 is 0 Å². The van der Waals surface area contributed by atoms with Crippen LogP contribution in [0.25, 0.3) is 0 Å². The van der Waals surface area contributed by atoms with E-state index in [4.69, 9.17) is 0 Å². The number of benzene rings is 1. The van der Waals surface area contributed by atoms with E-state index in [1.807, 2.05) is 32.0 Å². The molecular formula is C14H21NO. The molecule has 0 unspecified atom stereocenters. The molecule has 0 aliphatic rings. The van der Waals surface area contributed by atoms with Gasteiger partial charge in [0, 0.05) is 11.6 Å². The summed E-state index contributed by atoms with van der Waals surface area (Å²) in [7, 11) is 0. The van der Waals surface area contributed by atoms with Crippen LogP contribution in [-0.4, -0.2) is 11.9 Å². The second kappa shape index (κ2) is 5.69. The molecule has 0 atom stereocenters. The fourth-order valence-electron chi connectivity index (χ4n) is 1.75. The van der Waals surface area contributed by atoms with Gasteiger partial charge in [-0.2, -0.15) is 0 Å². The summed E-state index contributed by atoms with van der Waals surface area (Å²) in [4.78, 5) is 12.0. The molecule has 16 heavy (non-hydrogen) atoms. The summed E-state index contributed by atoms with van der Waals surface area (Å²) < 4.78 is 0. The average Bonchev–Trinajstić information content (AvgIpc) is 2.29. The van der Waals surface area contributed by atoms with E-state index >= 15 is 0 Å². The van der Waals surface area contributed by atoms with Crippen molar-refractivity contribution in [2.75, 3.05) is 0 Å². The Bertz CT molecular complexity index is 367. The van der Waals surface area contributed by atoms with E-state index in [9.17, 15) is 4.79 Å². The number of amides is 1. The molecule has 1 aromatic rings.